The number of rotatable bonds is 3. The minimum atomic E-state index is 0.496. The largest absolute Gasteiger partial charge is 0.410 e. The highest BCUT2D eigenvalue weighted by Crippen LogP contribution is 2.38. The van der Waals surface area contributed by atoms with Crippen molar-refractivity contribution in [3.8, 4) is 10.8 Å². The number of thiophene rings is 2. The second-order valence-electron chi connectivity index (χ2n) is 4.99. The minimum absolute atomic E-state index is 0.496. The summed E-state index contributed by atoms with van der Waals surface area (Å²) in [6.45, 7) is 6.10. The molecule has 0 aromatic carbocycles. The zero-order valence-corrected chi connectivity index (χ0v) is 15.1. The first kappa shape index (κ1) is 14.8. The van der Waals surface area contributed by atoms with E-state index in [0.29, 0.717) is 11.1 Å². The Kier molecular flexibility index (Phi) is 3.67. The predicted octanol–water partition coefficient (Wildman–Crippen LogP) is 4.88. The summed E-state index contributed by atoms with van der Waals surface area (Å²) in [6.07, 6.45) is 0. The van der Waals surface area contributed by atoms with Crippen LogP contribution < -0.4 is 0 Å². The summed E-state index contributed by atoms with van der Waals surface area (Å²) < 4.78 is 5.76. The molecule has 0 spiro atoms. The van der Waals surface area contributed by atoms with Gasteiger partial charge in [0.1, 0.15) is 15.7 Å². The molecule has 0 aliphatic rings. The van der Waals surface area contributed by atoms with Crippen molar-refractivity contribution < 1.29 is 4.42 Å². The first-order valence-electron chi connectivity index (χ1n) is 6.91. The van der Waals surface area contributed by atoms with E-state index in [-0.39, 0.29) is 0 Å². The van der Waals surface area contributed by atoms with E-state index in [1.165, 1.54) is 22.2 Å². The van der Waals surface area contributed by atoms with E-state index in [1.54, 1.807) is 22.7 Å². The third kappa shape index (κ3) is 2.66. The van der Waals surface area contributed by atoms with E-state index in [4.69, 9.17) is 4.42 Å². The summed E-state index contributed by atoms with van der Waals surface area (Å²) in [6, 6.07) is 3.93. The maximum atomic E-state index is 5.76. The van der Waals surface area contributed by atoms with Crippen molar-refractivity contribution in [3.05, 3.63) is 33.8 Å². The molecule has 116 valence electrons. The highest BCUT2D eigenvalue weighted by Gasteiger charge is 2.17. The van der Waals surface area contributed by atoms with Crippen LogP contribution in [0, 0.1) is 20.8 Å². The Balaban J connectivity index is 1.76. The van der Waals surface area contributed by atoms with Crippen molar-refractivity contribution in [3.63, 3.8) is 0 Å². The Morgan fingerprint density at radius 3 is 2.78 bits per heavy atom. The molecule has 8 heteroatoms. The van der Waals surface area contributed by atoms with Gasteiger partial charge in [0, 0.05) is 10.3 Å². The monoisotopic (exact) mass is 360 g/mol. The quantitative estimate of drug-likeness (QED) is 0.485. The Bertz CT molecular complexity index is 988. The van der Waals surface area contributed by atoms with Crippen LogP contribution in [0.2, 0.25) is 0 Å². The lowest BCUT2D eigenvalue weighted by Gasteiger charge is -2.01. The van der Waals surface area contributed by atoms with Crippen molar-refractivity contribution in [2.75, 3.05) is 0 Å². The van der Waals surface area contributed by atoms with Gasteiger partial charge in [0.05, 0.1) is 4.88 Å². The Labute approximate surface area is 144 Å². The van der Waals surface area contributed by atoms with Crippen LogP contribution in [0.4, 0.5) is 0 Å². The number of nitrogens with zero attached hydrogens (tertiary/aromatic N) is 4. The zero-order chi connectivity index (χ0) is 16.0. The van der Waals surface area contributed by atoms with Gasteiger partial charge in [0.15, 0.2) is 0 Å². The van der Waals surface area contributed by atoms with Crippen molar-refractivity contribution in [2.45, 2.75) is 31.0 Å². The van der Waals surface area contributed by atoms with Gasteiger partial charge in [-0.3, -0.25) is 0 Å². The van der Waals surface area contributed by atoms with Crippen LogP contribution in [0.15, 0.2) is 32.2 Å². The zero-order valence-electron chi connectivity index (χ0n) is 12.7. The number of fused-ring (bicyclic) bond motifs is 1. The van der Waals surface area contributed by atoms with Crippen LogP contribution in [0.5, 0.6) is 0 Å². The van der Waals surface area contributed by atoms with E-state index >= 15 is 0 Å². The first-order valence-corrected chi connectivity index (χ1v) is 9.42. The lowest BCUT2D eigenvalue weighted by Crippen LogP contribution is -1.91. The summed E-state index contributed by atoms with van der Waals surface area (Å²) >= 11 is 4.67. The maximum absolute atomic E-state index is 5.76. The molecule has 0 N–H and O–H groups in total. The van der Waals surface area contributed by atoms with Gasteiger partial charge in [0.25, 0.3) is 11.1 Å². The SMILES string of the molecule is Cc1nc(Sc2nnc(-c3cccs3)o2)c2c(C)c(C)sc2n1. The molecule has 0 unspecified atom stereocenters. The average molecular weight is 360 g/mol. The predicted molar refractivity (Wildman–Crippen MR) is 93.4 cm³/mol. The van der Waals surface area contributed by atoms with Gasteiger partial charge in [0.2, 0.25) is 0 Å². The molecule has 0 amide bonds. The summed E-state index contributed by atoms with van der Waals surface area (Å²) in [5.74, 6) is 1.29. The van der Waals surface area contributed by atoms with Crippen LogP contribution in [-0.4, -0.2) is 20.2 Å². The average Bonchev–Trinajstić information content (AvgIpc) is 3.20. The topological polar surface area (TPSA) is 64.7 Å². The smallest absolute Gasteiger partial charge is 0.283 e. The summed E-state index contributed by atoms with van der Waals surface area (Å²) in [5, 5.41) is 12.7. The fourth-order valence-electron chi connectivity index (χ4n) is 2.22. The molecule has 0 saturated carbocycles. The second-order valence-corrected chi connectivity index (χ2v) is 8.08. The fourth-order valence-corrected chi connectivity index (χ4v) is 4.90. The molecule has 0 aliphatic heterocycles. The first-order chi connectivity index (χ1) is 11.1. The second kappa shape index (κ2) is 5.70. The lowest BCUT2D eigenvalue weighted by molar-refractivity contribution is 0.466. The molecule has 0 aliphatic carbocycles. The summed E-state index contributed by atoms with van der Waals surface area (Å²) in [7, 11) is 0. The molecule has 4 rings (SSSR count). The van der Waals surface area contributed by atoms with Crippen molar-refractivity contribution in [1.29, 1.82) is 0 Å². The van der Waals surface area contributed by atoms with Crippen LogP contribution in [0.25, 0.3) is 21.0 Å². The Hall–Kier alpha value is -1.77. The Morgan fingerprint density at radius 1 is 1.13 bits per heavy atom. The van der Waals surface area contributed by atoms with E-state index in [0.717, 1.165) is 25.9 Å². The van der Waals surface area contributed by atoms with E-state index in [9.17, 15) is 0 Å². The van der Waals surface area contributed by atoms with Crippen molar-refractivity contribution in [1.82, 2.24) is 20.2 Å². The van der Waals surface area contributed by atoms with Gasteiger partial charge in [-0.15, -0.1) is 32.9 Å². The molecule has 4 aromatic heterocycles. The lowest BCUT2D eigenvalue weighted by atomic mass is 10.2. The third-order valence-corrected chi connectivity index (χ3v) is 6.22. The molecule has 23 heavy (non-hydrogen) atoms. The highest BCUT2D eigenvalue weighted by molar-refractivity contribution is 7.99. The normalized spacial score (nSPS) is 11.4. The summed E-state index contributed by atoms with van der Waals surface area (Å²) in [4.78, 5) is 12.3. The summed E-state index contributed by atoms with van der Waals surface area (Å²) in [5.41, 5.74) is 1.21. The van der Waals surface area contributed by atoms with Crippen LogP contribution in [0.3, 0.4) is 0 Å². The molecular formula is C15H12N4OS3. The number of hydrogen-bond acceptors (Lipinski definition) is 8. The van der Waals surface area contributed by atoms with Gasteiger partial charge in [-0.05, 0) is 49.5 Å². The van der Waals surface area contributed by atoms with Crippen LogP contribution in [-0.2, 0) is 0 Å². The molecule has 5 nitrogen and oxygen atoms in total. The molecule has 0 saturated heterocycles. The van der Waals surface area contributed by atoms with Gasteiger partial charge in [-0.25, -0.2) is 9.97 Å². The minimum Gasteiger partial charge on any atom is -0.410 e. The van der Waals surface area contributed by atoms with E-state index in [1.807, 2.05) is 24.4 Å². The van der Waals surface area contributed by atoms with Crippen molar-refractivity contribution in [2.24, 2.45) is 0 Å². The van der Waals surface area contributed by atoms with Crippen molar-refractivity contribution >= 4 is 44.7 Å². The Morgan fingerprint density at radius 2 is 2.00 bits per heavy atom. The molecule has 0 bridgehead atoms. The van der Waals surface area contributed by atoms with Gasteiger partial charge >= 0.3 is 0 Å². The number of hydrogen-bond donors (Lipinski definition) is 0. The van der Waals surface area contributed by atoms with Crippen LogP contribution in [0.1, 0.15) is 16.3 Å². The van der Waals surface area contributed by atoms with Crippen LogP contribution >= 0.6 is 34.4 Å². The third-order valence-electron chi connectivity index (χ3n) is 3.43. The standard InChI is InChI=1S/C15H12N4OS3/c1-7-8(2)22-13-11(7)14(17-9(3)16-13)23-15-19-18-12(20-15)10-5-4-6-21-10/h4-6H,1-3H3. The molecule has 0 fully saturated rings. The molecule has 0 atom stereocenters. The number of aryl methyl sites for hydroxylation is 3. The van der Waals surface area contributed by atoms with Gasteiger partial charge in [-0.2, -0.15) is 0 Å². The maximum Gasteiger partial charge on any atom is 0.283 e. The van der Waals surface area contributed by atoms with Gasteiger partial charge in [-0.1, -0.05) is 6.07 Å². The molecular weight excluding hydrogens is 348 g/mol. The molecule has 4 aromatic rings. The highest BCUT2D eigenvalue weighted by atomic mass is 32.2. The fraction of sp³-hybridized carbons (Fsp3) is 0.200. The molecule has 0 radical (unpaired) electrons. The number of aromatic nitrogens is 4. The van der Waals surface area contributed by atoms with E-state index in [2.05, 4.69) is 34.0 Å². The molecule has 4 heterocycles. The van der Waals surface area contributed by atoms with E-state index < -0.39 is 0 Å². The van der Waals surface area contributed by atoms with Gasteiger partial charge < -0.3 is 4.42 Å².